The molecule has 0 aromatic heterocycles. The summed E-state index contributed by atoms with van der Waals surface area (Å²) in [6.07, 6.45) is 1.59. The molecule has 1 fully saturated rings. The van der Waals surface area contributed by atoms with Crippen LogP contribution in [0.4, 0.5) is 10.5 Å². The van der Waals surface area contributed by atoms with Crippen LogP contribution in [0, 0.1) is 0 Å². The van der Waals surface area contributed by atoms with Gasteiger partial charge in [0, 0.05) is 11.8 Å². The van der Waals surface area contributed by atoms with E-state index in [9.17, 15) is 14.4 Å². The van der Waals surface area contributed by atoms with Gasteiger partial charge in [0.1, 0.15) is 26.4 Å². The number of hydrogen-bond donors (Lipinski definition) is 1. The van der Waals surface area contributed by atoms with Crippen molar-refractivity contribution in [2.75, 3.05) is 32.2 Å². The first-order valence-electron chi connectivity index (χ1n) is 13.3. The summed E-state index contributed by atoms with van der Waals surface area (Å²) < 4.78 is 23.4. The van der Waals surface area contributed by atoms with Gasteiger partial charge in [-0.2, -0.15) is 0 Å². The first-order chi connectivity index (χ1) is 20.9. The Morgan fingerprint density at radius 2 is 1.81 bits per heavy atom. The number of carbonyl (C=O) groups excluding carboxylic acids is 3. The first kappa shape index (κ1) is 28.6. The van der Waals surface area contributed by atoms with Crippen molar-refractivity contribution in [1.82, 2.24) is 4.90 Å². The second kappa shape index (κ2) is 12.4. The summed E-state index contributed by atoms with van der Waals surface area (Å²) >= 11 is 4.33. The monoisotopic (exact) mass is 660 g/mol. The molecule has 0 aliphatic carbocycles. The maximum Gasteiger partial charge on any atom is 0.294 e. The maximum atomic E-state index is 13.1. The highest BCUT2D eigenvalue weighted by Gasteiger charge is 2.36. The summed E-state index contributed by atoms with van der Waals surface area (Å²) in [5.41, 5.74) is 2.12. The number of imide groups is 1. The number of anilines is 1. The molecule has 1 N–H and O–H groups in total. The molecule has 0 saturated carbocycles. The van der Waals surface area contributed by atoms with E-state index in [1.54, 1.807) is 36.4 Å². The Hall–Kier alpha value is -4.48. The SMILES string of the molecule is COc1cc(/C=C2/SC(=O)N(CC(=O)Nc3ccc4c(c3)OCCO4)C2=O)cc(Br)c1OCc1cccc2ccccc12. The molecule has 0 bridgehead atoms. The van der Waals surface area contributed by atoms with Crippen molar-refractivity contribution in [2.45, 2.75) is 6.61 Å². The van der Waals surface area contributed by atoms with Crippen LogP contribution in [-0.2, 0) is 16.2 Å². The van der Waals surface area contributed by atoms with Crippen LogP contribution in [0.2, 0.25) is 0 Å². The topological polar surface area (TPSA) is 103 Å². The molecule has 0 radical (unpaired) electrons. The molecule has 2 heterocycles. The molecule has 0 spiro atoms. The van der Waals surface area contributed by atoms with E-state index in [4.69, 9.17) is 18.9 Å². The van der Waals surface area contributed by atoms with E-state index in [0.29, 0.717) is 58.5 Å². The van der Waals surface area contributed by atoms with Crippen molar-refractivity contribution in [3.05, 3.63) is 93.3 Å². The Morgan fingerprint density at radius 1 is 1.02 bits per heavy atom. The van der Waals surface area contributed by atoms with Gasteiger partial charge in [0.25, 0.3) is 11.1 Å². The van der Waals surface area contributed by atoms with Crippen molar-refractivity contribution in [3.63, 3.8) is 0 Å². The molecule has 11 heteroatoms. The van der Waals surface area contributed by atoms with Crippen molar-refractivity contribution >= 4 is 67.3 Å². The van der Waals surface area contributed by atoms with Gasteiger partial charge in [-0.15, -0.1) is 0 Å². The van der Waals surface area contributed by atoms with Crippen molar-refractivity contribution in [1.29, 1.82) is 0 Å². The van der Waals surface area contributed by atoms with Crippen LogP contribution in [0.15, 0.2) is 82.2 Å². The first-order valence-corrected chi connectivity index (χ1v) is 14.9. The van der Waals surface area contributed by atoms with Gasteiger partial charge in [-0.1, -0.05) is 42.5 Å². The Bertz CT molecular complexity index is 1790. The van der Waals surface area contributed by atoms with Crippen LogP contribution in [0.1, 0.15) is 11.1 Å². The number of nitrogens with one attached hydrogen (secondary N) is 1. The van der Waals surface area contributed by atoms with E-state index in [1.807, 2.05) is 24.3 Å². The predicted molar refractivity (Wildman–Crippen MR) is 168 cm³/mol. The van der Waals surface area contributed by atoms with Gasteiger partial charge >= 0.3 is 0 Å². The number of rotatable bonds is 8. The molecule has 0 unspecified atom stereocenters. The standard InChI is InChI=1S/C32H25BrN2O7S/c1-39-27-14-19(13-24(33)30(27)42-18-21-7-4-6-20-5-2-3-8-23(20)21)15-28-31(37)35(32(38)43-28)17-29(36)34-22-9-10-25-26(16-22)41-12-11-40-25/h2-10,13-16H,11-12,17-18H2,1H3,(H,34,36)/b28-15+. The van der Waals surface area contributed by atoms with E-state index >= 15 is 0 Å². The fraction of sp³-hybridized carbons (Fsp3) is 0.156. The highest BCUT2D eigenvalue weighted by molar-refractivity contribution is 9.10. The molecular formula is C32H25BrN2O7S. The minimum absolute atomic E-state index is 0.190. The van der Waals surface area contributed by atoms with E-state index in [-0.39, 0.29) is 4.91 Å². The molecule has 3 amide bonds. The zero-order valence-electron chi connectivity index (χ0n) is 22.9. The minimum Gasteiger partial charge on any atom is -0.493 e. The van der Waals surface area contributed by atoms with Crippen LogP contribution in [0.25, 0.3) is 16.8 Å². The average Bonchev–Trinajstić information content (AvgIpc) is 3.27. The van der Waals surface area contributed by atoms with Crippen LogP contribution in [0.5, 0.6) is 23.0 Å². The number of halogens is 1. The Labute approximate surface area is 259 Å². The lowest BCUT2D eigenvalue weighted by atomic mass is 10.1. The molecule has 4 aromatic rings. The van der Waals surface area contributed by atoms with E-state index in [0.717, 1.165) is 33.0 Å². The number of benzene rings is 4. The van der Waals surface area contributed by atoms with Gasteiger partial charge in [0.05, 0.1) is 16.5 Å². The molecule has 43 heavy (non-hydrogen) atoms. The Balaban J connectivity index is 1.14. The number of fused-ring (bicyclic) bond motifs is 2. The third-order valence-corrected chi connectivity index (χ3v) is 8.30. The highest BCUT2D eigenvalue weighted by atomic mass is 79.9. The number of ether oxygens (including phenoxy) is 4. The molecular weight excluding hydrogens is 636 g/mol. The number of amides is 3. The average molecular weight is 662 g/mol. The van der Waals surface area contributed by atoms with Crippen molar-refractivity contribution < 1.29 is 33.3 Å². The zero-order valence-corrected chi connectivity index (χ0v) is 25.3. The lowest BCUT2D eigenvalue weighted by Crippen LogP contribution is -2.36. The van der Waals surface area contributed by atoms with Crippen LogP contribution < -0.4 is 24.3 Å². The fourth-order valence-corrected chi connectivity index (χ4v) is 6.20. The van der Waals surface area contributed by atoms with Crippen LogP contribution in [0.3, 0.4) is 0 Å². The predicted octanol–water partition coefficient (Wildman–Crippen LogP) is 6.64. The molecule has 2 aliphatic rings. The summed E-state index contributed by atoms with van der Waals surface area (Å²) in [6, 6.07) is 22.7. The quantitative estimate of drug-likeness (QED) is 0.210. The van der Waals surface area contributed by atoms with Crippen molar-refractivity contribution in [3.8, 4) is 23.0 Å². The van der Waals surface area contributed by atoms with Crippen LogP contribution >= 0.6 is 27.7 Å². The van der Waals surface area contributed by atoms with Gasteiger partial charge in [-0.05, 0) is 79.9 Å². The number of carbonyl (C=O) groups is 3. The maximum absolute atomic E-state index is 13.1. The Morgan fingerprint density at radius 3 is 2.65 bits per heavy atom. The zero-order chi connectivity index (χ0) is 29.9. The molecule has 1 saturated heterocycles. The number of thioether (sulfide) groups is 1. The number of nitrogens with zero attached hydrogens (tertiary/aromatic N) is 1. The largest absolute Gasteiger partial charge is 0.493 e. The summed E-state index contributed by atoms with van der Waals surface area (Å²) in [5.74, 6) is 1.00. The smallest absolute Gasteiger partial charge is 0.294 e. The number of hydrogen-bond acceptors (Lipinski definition) is 8. The van der Waals surface area contributed by atoms with Crippen LogP contribution in [-0.4, -0.2) is 48.8 Å². The lowest BCUT2D eigenvalue weighted by molar-refractivity contribution is -0.127. The van der Waals surface area contributed by atoms with Gasteiger partial charge < -0.3 is 24.3 Å². The molecule has 4 aromatic carbocycles. The number of methoxy groups -OCH3 is 1. The third kappa shape index (κ3) is 6.18. The van der Waals surface area contributed by atoms with E-state index in [2.05, 4.69) is 39.4 Å². The molecule has 9 nitrogen and oxygen atoms in total. The van der Waals surface area contributed by atoms with E-state index < -0.39 is 23.6 Å². The van der Waals surface area contributed by atoms with Gasteiger partial charge in [0.15, 0.2) is 23.0 Å². The van der Waals surface area contributed by atoms with E-state index in [1.165, 1.54) is 7.11 Å². The minimum atomic E-state index is -0.557. The second-order valence-electron chi connectivity index (χ2n) is 9.64. The molecule has 6 rings (SSSR count). The summed E-state index contributed by atoms with van der Waals surface area (Å²) in [4.78, 5) is 39.6. The summed E-state index contributed by atoms with van der Waals surface area (Å²) in [5, 5.41) is 4.40. The van der Waals surface area contributed by atoms with Gasteiger partial charge in [-0.3, -0.25) is 19.3 Å². The second-order valence-corrected chi connectivity index (χ2v) is 11.5. The molecule has 218 valence electrons. The summed E-state index contributed by atoms with van der Waals surface area (Å²) in [7, 11) is 1.53. The van der Waals surface area contributed by atoms with Gasteiger partial charge in [0.2, 0.25) is 5.91 Å². The fourth-order valence-electron chi connectivity index (χ4n) is 4.78. The summed E-state index contributed by atoms with van der Waals surface area (Å²) in [6.45, 7) is 0.767. The van der Waals surface area contributed by atoms with Gasteiger partial charge in [-0.25, -0.2) is 0 Å². The Kier molecular flexibility index (Phi) is 8.26. The third-order valence-electron chi connectivity index (χ3n) is 6.80. The highest BCUT2D eigenvalue weighted by Crippen LogP contribution is 2.40. The molecule has 2 aliphatic heterocycles. The lowest BCUT2D eigenvalue weighted by Gasteiger charge is -2.19. The molecule has 0 atom stereocenters. The normalized spacial score (nSPS) is 15.2. The van der Waals surface area contributed by atoms with Crippen molar-refractivity contribution in [2.24, 2.45) is 0 Å².